The summed E-state index contributed by atoms with van der Waals surface area (Å²) in [6, 6.07) is 14.0. The molecule has 1 saturated heterocycles. The van der Waals surface area contributed by atoms with Crippen LogP contribution in [0.1, 0.15) is 37.3 Å². The number of nitrogens with one attached hydrogen (secondary N) is 1. The Bertz CT molecular complexity index is 985. The minimum absolute atomic E-state index is 0.324. The molecule has 0 radical (unpaired) electrons. The number of benzene rings is 2. The number of carbonyl (C=O) groups is 1. The number of nitrogens with zero attached hydrogens (tertiary/aromatic N) is 2. The van der Waals surface area contributed by atoms with E-state index in [1.807, 2.05) is 12.1 Å². The fourth-order valence-corrected chi connectivity index (χ4v) is 5.27. The van der Waals surface area contributed by atoms with E-state index in [2.05, 4.69) is 22.3 Å². The van der Waals surface area contributed by atoms with Gasteiger partial charge in [0.25, 0.3) is 0 Å². The molecule has 32 heavy (non-hydrogen) atoms. The maximum atomic E-state index is 13.0. The van der Waals surface area contributed by atoms with Crippen LogP contribution in [0.5, 0.6) is 5.75 Å². The van der Waals surface area contributed by atoms with Crippen molar-refractivity contribution in [2.45, 2.75) is 45.3 Å². The van der Waals surface area contributed by atoms with Gasteiger partial charge in [-0.3, -0.25) is 14.0 Å². The SMILES string of the molecule is CCC(C(=O)NCc1ccc(CN2CCCC2)cc1)N(c1ccc(OC)cc1)S(C)(=O)=O. The molecule has 8 heteroatoms. The molecule has 1 amide bonds. The maximum Gasteiger partial charge on any atom is 0.244 e. The fraction of sp³-hybridized carbons (Fsp3) is 0.458. The van der Waals surface area contributed by atoms with Gasteiger partial charge >= 0.3 is 0 Å². The van der Waals surface area contributed by atoms with E-state index in [-0.39, 0.29) is 5.91 Å². The van der Waals surface area contributed by atoms with E-state index in [4.69, 9.17) is 4.74 Å². The molecular formula is C24H33N3O4S. The summed E-state index contributed by atoms with van der Waals surface area (Å²) < 4.78 is 31.4. The monoisotopic (exact) mass is 459 g/mol. The number of likely N-dealkylation sites (tertiary alicyclic amines) is 1. The Morgan fingerprint density at radius 2 is 1.66 bits per heavy atom. The molecule has 0 aliphatic carbocycles. The van der Waals surface area contributed by atoms with Crippen molar-refractivity contribution in [2.75, 3.05) is 30.8 Å². The highest BCUT2D eigenvalue weighted by Gasteiger charge is 2.31. The number of amides is 1. The normalized spacial score (nSPS) is 15.3. The third-order valence-corrected chi connectivity index (χ3v) is 6.93. The summed E-state index contributed by atoms with van der Waals surface area (Å²) in [5, 5.41) is 2.91. The number of hydrogen-bond donors (Lipinski definition) is 1. The smallest absolute Gasteiger partial charge is 0.244 e. The second-order valence-electron chi connectivity index (χ2n) is 8.20. The molecule has 1 unspecified atom stereocenters. The van der Waals surface area contributed by atoms with Crippen LogP contribution < -0.4 is 14.4 Å². The lowest BCUT2D eigenvalue weighted by Crippen LogP contribution is -2.49. The van der Waals surface area contributed by atoms with Crippen LogP contribution in [0.15, 0.2) is 48.5 Å². The van der Waals surface area contributed by atoms with Gasteiger partial charge in [0.1, 0.15) is 11.8 Å². The van der Waals surface area contributed by atoms with Crippen molar-refractivity contribution in [3.8, 4) is 5.75 Å². The van der Waals surface area contributed by atoms with Gasteiger partial charge in [-0.25, -0.2) is 8.42 Å². The van der Waals surface area contributed by atoms with Gasteiger partial charge in [0.2, 0.25) is 15.9 Å². The van der Waals surface area contributed by atoms with Gasteiger partial charge in [-0.15, -0.1) is 0 Å². The van der Waals surface area contributed by atoms with Gasteiger partial charge in [-0.2, -0.15) is 0 Å². The fourth-order valence-electron chi connectivity index (χ4n) is 4.06. The average molecular weight is 460 g/mol. The average Bonchev–Trinajstić information content (AvgIpc) is 3.29. The highest BCUT2D eigenvalue weighted by atomic mass is 32.2. The van der Waals surface area contributed by atoms with Crippen molar-refractivity contribution in [3.05, 3.63) is 59.7 Å². The molecule has 0 saturated carbocycles. The van der Waals surface area contributed by atoms with Crippen molar-refractivity contribution in [2.24, 2.45) is 0 Å². The first-order valence-corrected chi connectivity index (χ1v) is 12.9. The first-order valence-electron chi connectivity index (χ1n) is 11.0. The van der Waals surface area contributed by atoms with E-state index >= 15 is 0 Å². The lowest BCUT2D eigenvalue weighted by molar-refractivity contribution is -0.122. The molecule has 1 heterocycles. The van der Waals surface area contributed by atoms with Crippen LogP contribution in [-0.4, -0.2) is 51.7 Å². The molecule has 2 aromatic rings. The Kier molecular flexibility index (Phi) is 8.15. The predicted octanol–water partition coefficient (Wildman–Crippen LogP) is 3.15. The molecule has 0 spiro atoms. The Morgan fingerprint density at radius 1 is 1.06 bits per heavy atom. The molecule has 174 valence electrons. The van der Waals surface area contributed by atoms with E-state index in [1.54, 1.807) is 38.3 Å². The van der Waals surface area contributed by atoms with Gasteiger partial charge < -0.3 is 10.1 Å². The molecule has 3 rings (SSSR count). The largest absolute Gasteiger partial charge is 0.497 e. The molecule has 7 nitrogen and oxygen atoms in total. The van der Waals surface area contributed by atoms with Crippen LogP contribution in [0.4, 0.5) is 5.69 Å². The van der Waals surface area contributed by atoms with Gasteiger partial charge in [-0.05, 0) is 67.7 Å². The van der Waals surface area contributed by atoms with E-state index < -0.39 is 16.1 Å². The zero-order valence-corrected chi connectivity index (χ0v) is 19.9. The molecular weight excluding hydrogens is 426 g/mol. The van der Waals surface area contributed by atoms with E-state index in [0.717, 1.165) is 31.5 Å². The predicted molar refractivity (Wildman–Crippen MR) is 127 cm³/mol. The first-order chi connectivity index (χ1) is 15.3. The summed E-state index contributed by atoms with van der Waals surface area (Å²) in [5.74, 6) is 0.294. The number of methoxy groups -OCH3 is 1. The highest BCUT2D eigenvalue weighted by molar-refractivity contribution is 7.92. The zero-order chi connectivity index (χ0) is 23.1. The Balaban J connectivity index is 1.66. The van der Waals surface area contributed by atoms with Crippen molar-refractivity contribution >= 4 is 21.6 Å². The van der Waals surface area contributed by atoms with Crippen LogP contribution in [0.25, 0.3) is 0 Å². The quantitative estimate of drug-likeness (QED) is 0.591. The molecule has 1 N–H and O–H groups in total. The summed E-state index contributed by atoms with van der Waals surface area (Å²) in [6.07, 6.45) is 4.00. The van der Waals surface area contributed by atoms with Gasteiger partial charge in [0, 0.05) is 13.1 Å². The van der Waals surface area contributed by atoms with Crippen LogP contribution >= 0.6 is 0 Å². The standard InChI is InChI=1S/C24H33N3O4S/c1-4-23(27(32(3,29)30)21-11-13-22(31-2)14-12-21)24(28)25-17-19-7-9-20(10-8-19)18-26-15-5-6-16-26/h7-14,23H,4-6,15-18H2,1-3H3,(H,25,28). The van der Waals surface area contributed by atoms with Crippen LogP contribution in [0, 0.1) is 0 Å². The molecule has 1 aliphatic rings. The third kappa shape index (κ3) is 6.23. The Morgan fingerprint density at radius 3 is 2.19 bits per heavy atom. The van der Waals surface area contributed by atoms with Crippen LogP contribution in [0.3, 0.4) is 0 Å². The number of anilines is 1. The summed E-state index contributed by atoms with van der Waals surface area (Å²) in [7, 11) is -2.12. The van der Waals surface area contributed by atoms with Gasteiger partial charge in [0.15, 0.2) is 0 Å². The molecule has 2 aromatic carbocycles. The van der Waals surface area contributed by atoms with E-state index in [9.17, 15) is 13.2 Å². The number of ether oxygens (including phenoxy) is 1. The highest BCUT2D eigenvalue weighted by Crippen LogP contribution is 2.25. The number of carbonyl (C=O) groups excluding carboxylic acids is 1. The van der Waals surface area contributed by atoms with Crippen molar-refractivity contribution in [3.63, 3.8) is 0 Å². The minimum atomic E-state index is -3.67. The van der Waals surface area contributed by atoms with Crippen molar-refractivity contribution in [1.29, 1.82) is 0 Å². The summed E-state index contributed by atoms with van der Waals surface area (Å²) in [4.78, 5) is 15.4. The van der Waals surface area contributed by atoms with Crippen LogP contribution in [-0.2, 0) is 27.9 Å². The second-order valence-corrected chi connectivity index (χ2v) is 10.1. The lowest BCUT2D eigenvalue weighted by Gasteiger charge is -2.30. The molecule has 0 aromatic heterocycles. The number of sulfonamides is 1. The van der Waals surface area contributed by atoms with Crippen LogP contribution in [0.2, 0.25) is 0 Å². The van der Waals surface area contributed by atoms with E-state index in [0.29, 0.717) is 24.4 Å². The maximum absolute atomic E-state index is 13.0. The van der Waals surface area contributed by atoms with Gasteiger partial charge in [0.05, 0.1) is 19.1 Å². The Hall–Kier alpha value is -2.58. The molecule has 0 bridgehead atoms. The minimum Gasteiger partial charge on any atom is -0.497 e. The lowest BCUT2D eigenvalue weighted by atomic mass is 10.1. The van der Waals surface area contributed by atoms with E-state index in [1.165, 1.54) is 22.7 Å². The topological polar surface area (TPSA) is 79.0 Å². The molecule has 1 atom stereocenters. The Labute approximate surface area is 191 Å². The van der Waals surface area contributed by atoms with Gasteiger partial charge in [-0.1, -0.05) is 31.2 Å². The zero-order valence-electron chi connectivity index (χ0n) is 19.1. The summed E-state index contributed by atoms with van der Waals surface area (Å²) in [6.45, 7) is 5.41. The molecule has 1 fully saturated rings. The van der Waals surface area contributed by atoms with Crippen molar-refractivity contribution < 1.29 is 17.9 Å². The summed E-state index contributed by atoms with van der Waals surface area (Å²) >= 11 is 0. The third-order valence-electron chi connectivity index (χ3n) is 5.75. The summed E-state index contributed by atoms with van der Waals surface area (Å²) in [5.41, 5.74) is 2.67. The van der Waals surface area contributed by atoms with Crippen molar-refractivity contribution in [1.82, 2.24) is 10.2 Å². The second kappa shape index (κ2) is 10.8. The number of rotatable bonds is 10. The first kappa shape index (κ1) is 24.1. The molecule has 1 aliphatic heterocycles. The number of hydrogen-bond acceptors (Lipinski definition) is 5.